The van der Waals surface area contributed by atoms with E-state index in [1.165, 1.54) is 11.6 Å². The highest BCUT2D eigenvalue weighted by Crippen LogP contribution is 2.28. The Hall–Kier alpha value is -3.86. The van der Waals surface area contributed by atoms with Crippen molar-refractivity contribution in [1.82, 2.24) is 0 Å². The van der Waals surface area contributed by atoms with Gasteiger partial charge in [0.15, 0.2) is 0 Å². The second-order valence-corrected chi connectivity index (χ2v) is 8.60. The molecule has 0 aliphatic carbocycles. The summed E-state index contributed by atoms with van der Waals surface area (Å²) in [5.41, 5.74) is 5.56. The molecule has 35 heavy (non-hydrogen) atoms. The lowest BCUT2D eigenvalue weighted by Gasteiger charge is -2.26. The first-order valence-corrected chi connectivity index (χ1v) is 11.9. The smallest absolute Gasteiger partial charge is 0.330 e. The van der Waals surface area contributed by atoms with Gasteiger partial charge in [0.25, 0.3) is 0 Å². The first-order valence-electron chi connectivity index (χ1n) is 11.9. The lowest BCUT2D eigenvalue weighted by atomic mass is 10.1. The lowest BCUT2D eigenvalue weighted by Crippen LogP contribution is -2.16. The highest BCUT2D eigenvalue weighted by molar-refractivity contribution is 5.81. The van der Waals surface area contributed by atoms with Crippen LogP contribution in [0.5, 0.6) is 0 Å². The number of rotatable bonds is 12. The van der Waals surface area contributed by atoms with Crippen LogP contribution in [0.3, 0.4) is 0 Å². The van der Waals surface area contributed by atoms with E-state index in [-0.39, 0.29) is 11.9 Å². The minimum absolute atomic E-state index is 0.113. The van der Waals surface area contributed by atoms with E-state index in [1.54, 1.807) is 0 Å². The zero-order chi connectivity index (χ0) is 25.0. The van der Waals surface area contributed by atoms with Gasteiger partial charge in [0.1, 0.15) is 0 Å². The standard InChI is InChI=1S/C30H33NO4/c1-4-29(32)34-20-18-24-10-14-27(15-11-24)31(22-26-8-6-5-7-9-26)28-16-12-25(13-17-28)19-21-35-30(33)23(2)3/h4-17,23H,1,18-22H2,2-3H3. The molecule has 0 saturated heterocycles. The number of benzene rings is 3. The number of ether oxygens (including phenoxy) is 2. The van der Waals surface area contributed by atoms with Crippen molar-refractivity contribution in [3.8, 4) is 0 Å². The zero-order valence-corrected chi connectivity index (χ0v) is 20.5. The molecular weight excluding hydrogens is 438 g/mol. The van der Waals surface area contributed by atoms with E-state index < -0.39 is 5.97 Å². The largest absolute Gasteiger partial charge is 0.465 e. The maximum absolute atomic E-state index is 11.7. The SMILES string of the molecule is C=CC(=O)OCCc1ccc(N(Cc2ccccc2)c2ccc(CCOC(=O)C(C)C)cc2)cc1. The Morgan fingerprint density at radius 3 is 1.77 bits per heavy atom. The molecule has 0 bridgehead atoms. The molecule has 0 radical (unpaired) electrons. The second-order valence-electron chi connectivity index (χ2n) is 8.60. The minimum atomic E-state index is -0.405. The van der Waals surface area contributed by atoms with Gasteiger partial charge in [-0.05, 0) is 41.0 Å². The quantitative estimate of drug-likeness (QED) is 0.238. The van der Waals surface area contributed by atoms with Gasteiger partial charge in [0.2, 0.25) is 0 Å². The van der Waals surface area contributed by atoms with Crippen molar-refractivity contribution < 1.29 is 19.1 Å². The Kier molecular flexibility index (Phi) is 9.67. The summed E-state index contributed by atoms with van der Waals surface area (Å²) in [7, 11) is 0. The summed E-state index contributed by atoms with van der Waals surface area (Å²) in [6.45, 7) is 8.52. The second kappa shape index (κ2) is 13.1. The van der Waals surface area contributed by atoms with Crippen molar-refractivity contribution in [3.63, 3.8) is 0 Å². The predicted molar refractivity (Wildman–Crippen MR) is 140 cm³/mol. The van der Waals surface area contributed by atoms with Gasteiger partial charge in [-0.2, -0.15) is 0 Å². The van der Waals surface area contributed by atoms with E-state index in [4.69, 9.17) is 9.47 Å². The number of esters is 2. The number of anilines is 2. The number of hydrogen-bond donors (Lipinski definition) is 0. The van der Waals surface area contributed by atoms with Crippen LogP contribution in [0, 0.1) is 5.92 Å². The van der Waals surface area contributed by atoms with E-state index in [0.717, 1.165) is 29.0 Å². The van der Waals surface area contributed by atoms with E-state index in [0.29, 0.717) is 26.1 Å². The summed E-state index contributed by atoms with van der Waals surface area (Å²) < 4.78 is 10.4. The van der Waals surface area contributed by atoms with Gasteiger partial charge in [-0.3, -0.25) is 4.79 Å². The van der Waals surface area contributed by atoms with Crippen molar-refractivity contribution in [2.45, 2.75) is 33.2 Å². The normalized spacial score (nSPS) is 10.6. The monoisotopic (exact) mass is 471 g/mol. The molecule has 5 nitrogen and oxygen atoms in total. The summed E-state index contributed by atoms with van der Waals surface area (Å²) >= 11 is 0. The average Bonchev–Trinajstić information content (AvgIpc) is 2.88. The van der Waals surface area contributed by atoms with Gasteiger partial charge in [0.05, 0.1) is 19.1 Å². The van der Waals surface area contributed by atoms with Crippen LogP contribution < -0.4 is 4.90 Å². The van der Waals surface area contributed by atoms with Gasteiger partial charge >= 0.3 is 11.9 Å². The summed E-state index contributed by atoms with van der Waals surface area (Å²) in [4.78, 5) is 25.2. The van der Waals surface area contributed by atoms with Crippen molar-refractivity contribution in [2.75, 3.05) is 18.1 Å². The maximum atomic E-state index is 11.7. The third-order valence-electron chi connectivity index (χ3n) is 5.59. The highest BCUT2D eigenvalue weighted by Gasteiger charge is 2.12. The van der Waals surface area contributed by atoms with Crippen molar-refractivity contribution in [1.29, 1.82) is 0 Å². The molecule has 0 aliphatic heterocycles. The Bertz CT molecular complexity index is 1090. The molecule has 3 aromatic carbocycles. The van der Waals surface area contributed by atoms with Crippen molar-refractivity contribution in [2.24, 2.45) is 5.92 Å². The first-order chi connectivity index (χ1) is 17.0. The van der Waals surface area contributed by atoms with Crippen molar-refractivity contribution in [3.05, 3.63) is 108 Å². The molecule has 0 atom stereocenters. The molecule has 0 N–H and O–H groups in total. The zero-order valence-electron chi connectivity index (χ0n) is 20.5. The Balaban J connectivity index is 1.72. The molecular formula is C30H33NO4. The molecule has 0 amide bonds. The van der Waals surface area contributed by atoms with Crippen LogP contribution in [0.25, 0.3) is 0 Å². The molecule has 3 aromatic rings. The summed E-state index contributed by atoms with van der Waals surface area (Å²) in [6, 6.07) is 27.0. The van der Waals surface area contributed by atoms with Crippen LogP contribution in [0.4, 0.5) is 11.4 Å². The van der Waals surface area contributed by atoms with E-state index in [1.807, 2.05) is 32.0 Å². The molecule has 0 aromatic heterocycles. The molecule has 0 heterocycles. The molecule has 182 valence electrons. The van der Waals surface area contributed by atoms with Crippen molar-refractivity contribution >= 4 is 23.3 Å². The molecule has 3 rings (SSSR count). The van der Waals surface area contributed by atoms with E-state index in [2.05, 4.69) is 72.1 Å². The van der Waals surface area contributed by atoms with Crippen LogP contribution in [-0.4, -0.2) is 25.2 Å². The van der Waals surface area contributed by atoms with Crippen LogP contribution in [0.15, 0.2) is 91.5 Å². The molecule has 0 aliphatic rings. The highest BCUT2D eigenvalue weighted by atomic mass is 16.5. The predicted octanol–water partition coefficient (Wildman–Crippen LogP) is 6.04. The first kappa shape index (κ1) is 25.8. The molecule has 5 heteroatoms. The minimum Gasteiger partial charge on any atom is -0.465 e. The van der Waals surface area contributed by atoms with Gasteiger partial charge in [0, 0.05) is 36.8 Å². The van der Waals surface area contributed by atoms with Gasteiger partial charge in [-0.25, -0.2) is 4.79 Å². The summed E-state index contributed by atoms with van der Waals surface area (Å²) in [5, 5.41) is 0. The molecule has 0 unspecified atom stereocenters. The number of nitrogens with zero attached hydrogens (tertiary/aromatic N) is 1. The molecule has 0 fully saturated rings. The van der Waals surface area contributed by atoms with Crippen LogP contribution in [0.1, 0.15) is 30.5 Å². The number of carbonyl (C=O) groups excluding carboxylic acids is 2. The molecule has 0 saturated carbocycles. The summed E-state index contributed by atoms with van der Waals surface area (Å²) in [6.07, 6.45) is 2.51. The fourth-order valence-corrected chi connectivity index (χ4v) is 3.55. The number of carbonyl (C=O) groups is 2. The summed E-state index contributed by atoms with van der Waals surface area (Å²) in [5.74, 6) is -0.687. The lowest BCUT2D eigenvalue weighted by molar-refractivity contribution is -0.147. The topological polar surface area (TPSA) is 55.8 Å². The third-order valence-corrected chi connectivity index (χ3v) is 5.59. The van der Waals surface area contributed by atoms with Gasteiger partial charge < -0.3 is 14.4 Å². The van der Waals surface area contributed by atoms with E-state index >= 15 is 0 Å². The van der Waals surface area contributed by atoms with Crippen LogP contribution in [-0.2, 0) is 38.4 Å². The van der Waals surface area contributed by atoms with Crippen LogP contribution >= 0.6 is 0 Å². The maximum Gasteiger partial charge on any atom is 0.330 e. The Morgan fingerprint density at radius 1 is 0.771 bits per heavy atom. The molecule has 0 spiro atoms. The fourth-order valence-electron chi connectivity index (χ4n) is 3.55. The third kappa shape index (κ3) is 8.14. The fraction of sp³-hybridized carbons (Fsp3) is 0.267. The van der Waals surface area contributed by atoms with Crippen LogP contribution in [0.2, 0.25) is 0 Å². The van der Waals surface area contributed by atoms with Gasteiger partial charge in [-0.15, -0.1) is 0 Å². The average molecular weight is 472 g/mol. The number of hydrogen-bond acceptors (Lipinski definition) is 5. The van der Waals surface area contributed by atoms with E-state index in [9.17, 15) is 9.59 Å². The van der Waals surface area contributed by atoms with Gasteiger partial charge in [-0.1, -0.05) is 75.0 Å². The Labute approximate surface area is 208 Å². The Morgan fingerprint density at radius 2 is 1.29 bits per heavy atom.